The van der Waals surface area contributed by atoms with Gasteiger partial charge in [-0.3, -0.25) is 14.4 Å². The highest BCUT2D eigenvalue weighted by molar-refractivity contribution is 6.35. The Hall–Kier alpha value is -4.03. The van der Waals surface area contributed by atoms with E-state index in [1.165, 1.54) is 19.2 Å². The van der Waals surface area contributed by atoms with E-state index in [-0.39, 0.29) is 29.0 Å². The Bertz CT molecular complexity index is 1260. The number of methoxy groups -OCH3 is 2. The van der Waals surface area contributed by atoms with E-state index in [2.05, 4.69) is 5.32 Å². The van der Waals surface area contributed by atoms with Crippen LogP contribution in [0.15, 0.2) is 42.5 Å². The Morgan fingerprint density at radius 1 is 1.08 bits per heavy atom. The van der Waals surface area contributed by atoms with Crippen molar-refractivity contribution in [2.75, 3.05) is 25.7 Å². The summed E-state index contributed by atoms with van der Waals surface area (Å²) in [4.78, 5) is 52.7. The van der Waals surface area contributed by atoms with E-state index >= 15 is 0 Å². The first kappa shape index (κ1) is 26.0. The van der Waals surface area contributed by atoms with Crippen molar-refractivity contribution in [1.29, 1.82) is 5.26 Å². The van der Waals surface area contributed by atoms with Crippen LogP contribution in [-0.4, -0.2) is 50.6 Å². The first-order valence-corrected chi connectivity index (χ1v) is 12.2. The molecule has 37 heavy (non-hydrogen) atoms. The number of imide groups is 1. The third kappa shape index (κ3) is 4.98. The van der Waals surface area contributed by atoms with Crippen molar-refractivity contribution in [1.82, 2.24) is 5.32 Å². The lowest BCUT2D eigenvalue weighted by atomic mass is 9.81. The van der Waals surface area contributed by atoms with E-state index in [1.54, 1.807) is 37.4 Å². The molecule has 0 aromatic heterocycles. The number of fused-ring (bicyclic) bond motifs is 1. The standard InChI is InChI=1S/C28H29N3O6/c1-36-15-14-28(12-3-4-13-28)27(35)30-22(26(34)37-2)16-18-8-10-20(11-9-18)31-24(32)21-7-5-6-19(17-29)23(21)25(31)33/h5-11,22H,3-4,12-16H2,1-2H3,(H,30,35)/t22-/m0/s1. The molecule has 9 heteroatoms. The van der Waals surface area contributed by atoms with E-state index in [0.29, 0.717) is 24.3 Å². The van der Waals surface area contributed by atoms with E-state index in [0.717, 1.165) is 30.6 Å². The number of nitrogens with zero attached hydrogens (tertiary/aromatic N) is 2. The van der Waals surface area contributed by atoms with Gasteiger partial charge in [-0.15, -0.1) is 0 Å². The molecular weight excluding hydrogens is 474 g/mol. The average Bonchev–Trinajstić information content (AvgIpc) is 3.50. The molecule has 1 fully saturated rings. The zero-order valence-corrected chi connectivity index (χ0v) is 20.9. The number of anilines is 1. The lowest BCUT2D eigenvalue weighted by Crippen LogP contribution is -2.49. The molecule has 2 aromatic carbocycles. The molecule has 2 aliphatic rings. The predicted octanol–water partition coefficient (Wildman–Crippen LogP) is 3.16. The average molecular weight is 504 g/mol. The number of amides is 3. The normalized spacial score (nSPS) is 16.7. The lowest BCUT2D eigenvalue weighted by molar-refractivity contribution is -0.146. The summed E-state index contributed by atoms with van der Waals surface area (Å²) in [5.41, 5.74) is 0.947. The van der Waals surface area contributed by atoms with Gasteiger partial charge in [-0.1, -0.05) is 31.0 Å². The van der Waals surface area contributed by atoms with Gasteiger partial charge in [0.05, 0.1) is 41.0 Å². The van der Waals surface area contributed by atoms with Crippen LogP contribution in [0, 0.1) is 16.7 Å². The van der Waals surface area contributed by atoms with Gasteiger partial charge in [0.25, 0.3) is 11.8 Å². The first-order chi connectivity index (χ1) is 17.8. The summed E-state index contributed by atoms with van der Waals surface area (Å²) < 4.78 is 10.2. The molecule has 192 valence electrons. The third-order valence-corrected chi connectivity index (χ3v) is 7.29. The van der Waals surface area contributed by atoms with Gasteiger partial charge >= 0.3 is 5.97 Å². The van der Waals surface area contributed by atoms with Gasteiger partial charge in [0, 0.05) is 20.1 Å². The highest BCUT2D eigenvalue weighted by Gasteiger charge is 2.42. The van der Waals surface area contributed by atoms with Crippen LogP contribution in [0.1, 0.15) is 63.9 Å². The molecule has 3 amide bonds. The predicted molar refractivity (Wildman–Crippen MR) is 134 cm³/mol. The lowest BCUT2D eigenvalue weighted by Gasteiger charge is -2.29. The minimum Gasteiger partial charge on any atom is -0.467 e. The number of ether oxygens (including phenoxy) is 2. The highest BCUT2D eigenvalue weighted by Crippen LogP contribution is 2.41. The topological polar surface area (TPSA) is 126 Å². The molecule has 9 nitrogen and oxygen atoms in total. The van der Waals surface area contributed by atoms with Crippen LogP contribution in [0.5, 0.6) is 0 Å². The van der Waals surface area contributed by atoms with Crippen molar-refractivity contribution in [2.24, 2.45) is 5.41 Å². The third-order valence-electron chi connectivity index (χ3n) is 7.29. The number of esters is 1. The summed E-state index contributed by atoms with van der Waals surface area (Å²) in [6.45, 7) is 0.464. The van der Waals surface area contributed by atoms with Crippen LogP contribution in [0.3, 0.4) is 0 Å². The van der Waals surface area contributed by atoms with Gasteiger partial charge in [-0.05, 0) is 49.1 Å². The zero-order valence-electron chi connectivity index (χ0n) is 20.9. The number of hydrogen-bond donors (Lipinski definition) is 1. The summed E-state index contributed by atoms with van der Waals surface area (Å²) in [6, 6.07) is 12.3. The Labute approximate surface area is 215 Å². The van der Waals surface area contributed by atoms with Crippen molar-refractivity contribution in [2.45, 2.75) is 44.6 Å². The Morgan fingerprint density at radius 2 is 1.78 bits per heavy atom. The maximum atomic E-state index is 13.3. The van der Waals surface area contributed by atoms with Gasteiger partial charge in [0.15, 0.2) is 0 Å². The van der Waals surface area contributed by atoms with E-state index < -0.39 is 29.2 Å². The maximum absolute atomic E-state index is 13.3. The van der Waals surface area contributed by atoms with Gasteiger partial charge < -0.3 is 14.8 Å². The summed E-state index contributed by atoms with van der Waals surface area (Å²) in [6.07, 6.45) is 4.17. The van der Waals surface area contributed by atoms with E-state index in [1.807, 2.05) is 6.07 Å². The summed E-state index contributed by atoms with van der Waals surface area (Å²) in [7, 11) is 2.88. The Kier molecular flexibility index (Phi) is 7.69. The molecule has 1 aliphatic heterocycles. The number of nitrogens with one attached hydrogen (secondary N) is 1. The van der Waals surface area contributed by atoms with E-state index in [4.69, 9.17) is 9.47 Å². The smallest absolute Gasteiger partial charge is 0.328 e. The van der Waals surface area contributed by atoms with Crippen molar-refractivity contribution < 1.29 is 28.7 Å². The molecule has 1 heterocycles. The van der Waals surface area contributed by atoms with Crippen LogP contribution >= 0.6 is 0 Å². The van der Waals surface area contributed by atoms with E-state index in [9.17, 15) is 24.4 Å². The maximum Gasteiger partial charge on any atom is 0.328 e. The van der Waals surface area contributed by atoms with Crippen LogP contribution in [-0.2, 0) is 25.5 Å². The van der Waals surface area contributed by atoms with Crippen LogP contribution in [0.2, 0.25) is 0 Å². The monoisotopic (exact) mass is 503 g/mol. The zero-order chi connectivity index (χ0) is 26.6. The molecular formula is C28H29N3O6. The van der Waals surface area contributed by atoms with Crippen LogP contribution in [0.25, 0.3) is 0 Å². The molecule has 4 rings (SSSR count). The number of hydrogen-bond acceptors (Lipinski definition) is 7. The van der Waals surface area contributed by atoms with Crippen molar-refractivity contribution in [3.05, 3.63) is 64.7 Å². The number of carbonyl (C=O) groups is 4. The number of carbonyl (C=O) groups excluding carboxylic acids is 4. The number of rotatable bonds is 9. The molecule has 0 spiro atoms. The summed E-state index contributed by atoms with van der Waals surface area (Å²) in [5.74, 6) is -1.78. The van der Waals surface area contributed by atoms with Gasteiger partial charge in [0.2, 0.25) is 5.91 Å². The molecule has 1 atom stereocenters. The Morgan fingerprint density at radius 3 is 2.41 bits per heavy atom. The molecule has 1 aliphatic carbocycles. The fourth-order valence-corrected chi connectivity index (χ4v) is 5.22. The first-order valence-electron chi connectivity index (χ1n) is 12.2. The molecule has 0 radical (unpaired) electrons. The molecule has 2 aromatic rings. The molecule has 0 unspecified atom stereocenters. The number of benzene rings is 2. The highest BCUT2D eigenvalue weighted by atomic mass is 16.5. The SMILES string of the molecule is COCCC1(C(=O)N[C@@H](Cc2ccc(N3C(=O)c4cccc(C#N)c4C3=O)cc2)C(=O)OC)CCCC1. The second-order valence-electron chi connectivity index (χ2n) is 9.44. The second-order valence-corrected chi connectivity index (χ2v) is 9.44. The quantitative estimate of drug-likeness (QED) is 0.411. The largest absolute Gasteiger partial charge is 0.467 e. The Balaban J connectivity index is 1.51. The molecule has 1 saturated carbocycles. The minimum atomic E-state index is -0.888. The van der Waals surface area contributed by atoms with Crippen molar-refractivity contribution in [3.8, 4) is 6.07 Å². The fourth-order valence-electron chi connectivity index (χ4n) is 5.22. The van der Waals surface area contributed by atoms with Gasteiger partial charge in [-0.25, -0.2) is 9.69 Å². The second kappa shape index (κ2) is 10.9. The van der Waals surface area contributed by atoms with Crippen molar-refractivity contribution >= 4 is 29.4 Å². The molecule has 0 saturated heterocycles. The van der Waals surface area contributed by atoms with Crippen LogP contribution in [0.4, 0.5) is 5.69 Å². The molecule has 0 bridgehead atoms. The van der Waals surface area contributed by atoms with Gasteiger partial charge in [0.1, 0.15) is 6.04 Å². The fraction of sp³-hybridized carbons (Fsp3) is 0.393. The minimum absolute atomic E-state index is 0.0989. The van der Waals surface area contributed by atoms with Crippen molar-refractivity contribution in [3.63, 3.8) is 0 Å². The summed E-state index contributed by atoms with van der Waals surface area (Å²) >= 11 is 0. The van der Waals surface area contributed by atoms with Crippen LogP contribution < -0.4 is 10.2 Å². The van der Waals surface area contributed by atoms with Gasteiger partial charge in [-0.2, -0.15) is 5.26 Å². The summed E-state index contributed by atoms with van der Waals surface area (Å²) in [5, 5.41) is 12.2. The molecule has 1 N–H and O–H groups in total. The number of nitriles is 1.